The van der Waals surface area contributed by atoms with Crippen molar-refractivity contribution in [2.75, 3.05) is 36.8 Å². The Hall–Kier alpha value is -4.08. The normalized spacial score (nSPS) is 18.5. The highest BCUT2D eigenvalue weighted by molar-refractivity contribution is 7.91. The molecule has 44 heavy (non-hydrogen) atoms. The fourth-order valence-corrected chi connectivity index (χ4v) is 5.89. The van der Waals surface area contributed by atoms with Crippen LogP contribution in [0.25, 0.3) is 22.2 Å². The van der Waals surface area contributed by atoms with Crippen molar-refractivity contribution in [1.29, 1.82) is 0 Å². The van der Waals surface area contributed by atoms with Crippen LogP contribution in [0.3, 0.4) is 0 Å². The lowest BCUT2D eigenvalue weighted by Crippen LogP contribution is -2.30. The molecule has 234 valence electrons. The quantitative estimate of drug-likeness (QED) is 0.198. The summed E-state index contributed by atoms with van der Waals surface area (Å²) in [5.74, 6) is -5.29. The average molecular weight is 635 g/mol. The molecule has 2 aliphatic heterocycles. The van der Waals surface area contributed by atoms with Gasteiger partial charge in [-0.15, -0.1) is 0 Å². The van der Waals surface area contributed by atoms with Gasteiger partial charge in [-0.1, -0.05) is 30.3 Å². The molecule has 0 amide bonds. The molecule has 15 heteroatoms. The van der Waals surface area contributed by atoms with E-state index < -0.39 is 56.8 Å². The largest absolute Gasteiger partial charge is 0.471 e. The molecular formula is C29H30F4N6O4S. The van der Waals surface area contributed by atoms with Gasteiger partial charge in [-0.25, -0.2) is 31.0 Å². The lowest BCUT2D eigenvalue weighted by molar-refractivity contribution is 0.138. The number of ether oxygens (including phenoxy) is 2. The number of aromatic nitrogens is 3. The van der Waals surface area contributed by atoms with Gasteiger partial charge in [-0.2, -0.15) is 9.97 Å². The number of rotatable bonds is 7. The molecule has 0 spiro atoms. The highest BCUT2D eigenvalue weighted by Crippen LogP contribution is 2.38. The van der Waals surface area contributed by atoms with Crippen LogP contribution in [0, 0.1) is 17.5 Å². The minimum absolute atomic E-state index is 0.0571. The Bertz CT molecular complexity index is 1720. The lowest BCUT2D eigenvalue weighted by Gasteiger charge is -2.17. The molecule has 4 heterocycles. The molecule has 4 aromatic rings. The molecule has 2 unspecified atom stereocenters. The Balaban J connectivity index is 0.000000484. The van der Waals surface area contributed by atoms with Crippen LogP contribution in [0.1, 0.15) is 24.8 Å². The Morgan fingerprint density at radius 2 is 1.86 bits per heavy atom. The molecule has 4 N–H and O–H groups in total. The van der Waals surface area contributed by atoms with Gasteiger partial charge in [0.15, 0.2) is 23.1 Å². The highest BCUT2D eigenvalue weighted by atomic mass is 32.2. The second-order valence-electron chi connectivity index (χ2n) is 10.3. The first-order valence-corrected chi connectivity index (χ1v) is 15.5. The molecule has 2 fully saturated rings. The molecule has 2 atom stereocenters. The Morgan fingerprint density at radius 3 is 2.52 bits per heavy atom. The average Bonchev–Trinajstić information content (AvgIpc) is 3.51. The fourth-order valence-electron chi connectivity index (χ4n) is 4.69. The van der Waals surface area contributed by atoms with Crippen molar-refractivity contribution >= 4 is 32.7 Å². The molecule has 0 aliphatic carbocycles. The number of sulfonamides is 1. The number of pyridine rings is 1. The summed E-state index contributed by atoms with van der Waals surface area (Å²) in [5, 5.41) is 3.27. The van der Waals surface area contributed by atoms with Gasteiger partial charge in [-0.05, 0) is 37.1 Å². The second kappa shape index (κ2) is 13.7. The monoisotopic (exact) mass is 634 g/mol. The zero-order valence-corrected chi connectivity index (χ0v) is 24.2. The van der Waals surface area contributed by atoms with E-state index in [0.717, 1.165) is 19.4 Å². The van der Waals surface area contributed by atoms with Crippen LogP contribution in [-0.2, 0) is 20.5 Å². The zero-order chi connectivity index (χ0) is 31.3. The van der Waals surface area contributed by atoms with E-state index in [4.69, 9.17) is 15.2 Å². The summed E-state index contributed by atoms with van der Waals surface area (Å²) in [6, 6.07) is 10.1. The van der Waals surface area contributed by atoms with Gasteiger partial charge in [0, 0.05) is 35.7 Å². The number of halogens is 4. The zero-order valence-electron chi connectivity index (χ0n) is 23.4. The minimum atomic E-state index is -4.26. The van der Waals surface area contributed by atoms with Gasteiger partial charge >= 0.3 is 0 Å². The summed E-state index contributed by atoms with van der Waals surface area (Å²) in [5.41, 5.74) is 4.41. The van der Waals surface area contributed by atoms with E-state index in [0.29, 0.717) is 36.6 Å². The summed E-state index contributed by atoms with van der Waals surface area (Å²) < 4.78 is 95.7. The van der Waals surface area contributed by atoms with Gasteiger partial charge in [-0.3, -0.25) is 4.72 Å². The Labute approximate surface area is 251 Å². The smallest absolute Gasteiger partial charge is 0.237 e. The number of alkyl halides is 1. The van der Waals surface area contributed by atoms with E-state index in [1.165, 1.54) is 24.4 Å². The number of benzene rings is 2. The van der Waals surface area contributed by atoms with Crippen molar-refractivity contribution in [2.45, 2.75) is 37.3 Å². The van der Waals surface area contributed by atoms with Gasteiger partial charge < -0.3 is 20.5 Å². The maximum absolute atomic E-state index is 15.4. The van der Waals surface area contributed by atoms with Gasteiger partial charge in [0.2, 0.25) is 21.9 Å². The summed E-state index contributed by atoms with van der Waals surface area (Å²) in [6.45, 7) is 2.26. The van der Waals surface area contributed by atoms with Crippen LogP contribution in [-0.4, -0.2) is 61.9 Å². The van der Waals surface area contributed by atoms with Crippen molar-refractivity contribution in [2.24, 2.45) is 0 Å². The van der Waals surface area contributed by atoms with Crippen molar-refractivity contribution < 1.29 is 35.5 Å². The Kier molecular flexibility index (Phi) is 9.76. The van der Waals surface area contributed by atoms with E-state index in [2.05, 4.69) is 20.3 Å². The maximum atomic E-state index is 15.4. The van der Waals surface area contributed by atoms with E-state index in [1.54, 1.807) is 18.2 Å². The number of anilines is 2. The molecule has 0 bridgehead atoms. The van der Waals surface area contributed by atoms with E-state index in [1.807, 2.05) is 4.72 Å². The lowest BCUT2D eigenvalue weighted by atomic mass is 10.0. The molecule has 2 aliphatic rings. The number of nitrogens with zero attached hydrogens (tertiary/aromatic N) is 3. The fraction of sp³-hybridized carbons (Fsp3) is 0.345. The summed E-state index contributed by atoms with van der Waals surface area (Å²) in [4.78, 5) is 12.2. The number of piperidine rings is 1. The molecule has 0 saturated carbocycles. The van der Waals surface area contributed by atoms with Gasteiger partial charge in [0.1, 0.15) is 18.0 Å². The third-order valence-corrected chi connectivity index (χ3v) is 8.09. The molecule has 0 radical (unpaired) electrons. The van der Waals surface area contributed by atoms with Crippen molar-refractivity contribution in [3.05, 3.63) is 71.7 Å². The van der Waals surface area contributed by atoms with Crippen molar-refractivity contribution in [3.63, 3.8) is 0 Å². The van der Waals surface area contributed by atoms with E-state index >= 15 is 13.2 Å². The van der Waals surface area contributed by atoms with Crippen LogP contribution in [0.2, 0.25) is 0 Å². The number of nitrogen functional groups attached to an aromatic ring is 1. The van der Waals surface area contributed by atoms with Crippen LogP contribution in [0.4, 0.5) is 29.2 Å². The number of nitrogens with two attached hydrogens (primary N) is 1. The second-order valence-corrected chi connectivity index (χ2v) is 12.0. The van der Waals surface area contributed by atoms with E-state index in [-0.39, 0.29) is 29.6 Å². The summed E-state index contributed by atoms with van der Waals surface area (Å²) in [7, 11) is -4.26. The minimum Gasteiger partial charge on any atom is -0.471 e. The molecule has 10 nitrogen and oxygen atoms in total. The molecule has 2 aromatic carbocycles. The van der Waals surface area contributed by atoms with E-state index in [9.17, 15) is 12.8 Å². The first kappa shape index (κ1) is 31.3. The van der Waals surface area contributed by atoms with Crippen LogP contribution < -0.4 is 20.5 Å². The molecular weight excluding hydrogens is 604 g/mol. The maximum Gasteiger partial charge on any atom is 0.237 e. The van der Waals surface area contributed by atoms with Crippen molar-refractivity contribution in [1.82, 2.24) is 20.3 Å². The first-order valence-electron chi connectivity index (χ1n) is 13.8. The molecule has 6 rings (SSSR count). The molecule has 2 aromatic heterocycles. The van der Waals surface area contributed by atoms with Crippen LogP contribution in [0.15, 0.2) is 48.7 Å². The predicted octanol–water partition coefficient (Wildman–Crippen LogP) is 4.51. The Morgan fingerprint density at radius 1 is 1.07 bits per heavy atom. The van der Waals surface area contributed by atoms with Crippen molar-refractivity contribution in [3.8, 4) is 17.0 Å². The van der Waals surface area contributed by atoms with Gasteiger partial charge in [0.05, 0.1) is 19.0 Å². The first-order chi connectivity index (χ1) is 21.1. The SMILES string of the molecule is FC1CCCNC1.Nc1ncc2cc(-c3cc(F)c(NS(=O)(=O)Cc4ccccc4)c(F)c3F)c(OC3CCOC3)nc2n1. The molecule has 2 saturated heterocycles. The number of fused-ring (bicyclic) bond motifs is 1. The summed E-state index contributed by atoms with van der Waals surface area (Å²) in [6.07, 6.45) is 2.61. The number of nitrogens with one attached hydrogen (secondary N) is 2. The summed E-state index contributed by atoms with van der Waals surface area (Å²) >= 11 is 0. The predicted molar refractivity (Wildman–Crippen MR) is 157 cm³/mol. The third-order valence-electron chi connectivity index (χ3n) is 6.86. The van der Waals surface area contributed by atoms with Crippen LogP contribution in [0.5, 0.6) is 5.88 Å². The standard InChI is InChI=1S/C24H20F3N5O4S.C5H10FN/c25-18-9-16(19(26)20(27)21(18)32-37(33,34)12-13-4-2-1-3-5-13)17-8-14-10-29-24(28)31-22(14)30-23(17)36-15-6-7-35-11-15;6-5-2-1-3-7-4-5/h1-5,8-10,15,32H,6-7,11-12H2,(H2,28,29,30,31);5,7H,1-4H2. The van der Waals surface area contributed by atoms with Crippen LogP contribution >= 0.6 is 0 Å². The number of hydrogen-bond donors (Lipinski definition) is 3. The third kappa shape index (κ3) is 7.70. The number of hydrogen-bond acceptors (Lipinski definition) is 9. The topological polar surface area (TPSA) is 141 Å². The van der Waals surface area contributed by atoms with Gasteiger partial charge in [0.25, 0.3) is 0 Å². The highest BCUT2D eigenvalue weighted by Gasteiger charge is 2.27.